The lowest BCUT2D eigenvalue weighted by Gasteiger charge is -2.35. The topological polar surface area (TPSA) is 21.7 Å². The molecule has 0 radical (unpaired) electrons. The van der Waals surface area contributed by atoms with Crippen LogP contribution in [0.15, 0.2) is 0 Å². The summed E-state index contributed by atoms with van der Waals surface area (Å²) < 4.78 is 14.4. The van der Waals surface area contributed by atoms with Crippen LogP contribution in [-0.2, 0) is 9.05 Å². The van der Waals surface area contributed by atoms with Crippen LogP contribution in [-0.4, -0.2) is 30.0 Å². The van der Waals surface area contributed by atoms with Crippen LogP contribution in [0.1, 0.15) is 39.5 Å². The zero-order chi connectivity index (χ0) is 11.1. The van der Waals surface area contributed by atoms with Crippen LogP contribution < -0.4 is 0 Å². The predicted molar refractivity (Wildman–Crippen MR) is 65.0 cm³/mol. The molecule has 1 aliphatic carbocycles. The minimum Gasteiger partial charge on any atom is -0.322 e. The van der Waals surface area contributed by atoms with E-state index in [1.165, 1.54) is 32.2 Å². The lowest BCUT2D eigenvalue weighted by molar-refractivity contribution is 0.135. The number of nitrogens with zero attached hydrogens (tertiary/aromatic N) is 1. The highest BCUT2D eigenvalue weighted by molar-refractivity contribution is 7.44. The van der Waals surface area contributed by atoms with Gasteiger partial charge in [-0.15, -0.1) is 0 Å². The van der Waals surface area contributed by atoms with Gasteiger partial charge in [0, 0.05) is 18.5 Å². The van der Waals surface area contributed by atoms with E-state index < -0.39 is 8.53 Å². The third-order valence-electron chi connectivity index (χ3n) is 4.10. The van der Waals surface area contributed by atoms with Crippen molar-refractivity contribution < 1.29 is 9.05 Å². The molecule has 16 heavy (non-hydrogen) atoms. The highest BCUT2D eigenvalue weighted by Gasteiger charge is 2.50. The van der Waals surface area contributed by atoms with Gasteiger partial charge in [-0.25, -0.2) is 4.67 Å². The van der Waals surface area contributed by atoms with Crippen molar-refractivity contribution in [1.82, 2.24) is 4.67 Å². The van der Waals surface area contributed by atoms with Crippen LogP contribution >= 0.6 is 8.53 Å². The molecule has 2 saturated heterocycles. The molecule has 3 aliphatic rings. The van der Waals surface area contributed by atoms with E-state index >= 15 is 0 Å². The standard InChI is InChI=1S/C12H22NO2P/c1-9(2)15-16-13-7-10(8-14-16)11-5-3-4-6-12(11)13/h9-12H,3-8H2,1-2H3/t10-,11+,12?,16?/m0/s1. The van der Waals surface area contributed by atoms with E-state index in [0.717, 1.165) is 24.5 Å². The Kier molecular flexibility index (Phi) is 3.23. The van der Waals surface area contributed by atoms with Gasteiger partial charge >= 0.3 is 0 Å². The summed E-state index contributed by atoms with van der Waals surface area (Å²) in [6.07, 6.45) is 5.89. The molecular formula is C12H22NO2P. The first-order chi connectivity index (χ1) is 7.75. The van der Waals surface area contributed by atoms with Gasteiger partial charge in [0.15, 0.2) is 0 Å². The van der Waals surface area contributed by atoms with Gasteiger partial charge in [-0.2, -0.15) is 0 Å². The van der Waals surface area contributed by atoms with E-state index in [0.29, 0.717) is 0 Å². The minimum absolute atomic E-state index is 0.283. The molecule has 3 rings (SSSR count). The zero-order valence-electron chi connectivity index (χ0n) is 10.3. The molecule has 0 N–H and O–H groups in total. The maximum Gasteiger partial charge on any atom is 0.259 e. The Morgan fingerprint density at radius 1 is 1.31 bits per heavy atom. The van der Waals surface area contributed by atoms with Crippen LogP contribution in [0.2, 0.25) is 0 Å². The van der Waals surface area contributed by atoms with Crippen molar-refractivity contribution >= 4 is 8.53 Å². The Bertz CT molecular complexity index is 261. The second-order valence-electron chi connectivity index (χ2n) is 5.59. The maximum absolute atomic E-state index is 5.94. The average molecular weight is 243 g/mol. The van der Waals surface area contributed by atoms with Crippen molar-refractivity contribution in [3.8, 4) is 0 Å². The lowest BCUT2D eigenvalue weighted by Crippen LogP contribution is -2.32. The molecular weight excluding hydrogens is 221 g/mol. The normalized spacial score (nSPS) is 47.1. The van der Waals surface area contributed by atoms with Gasteiger partial charge in [-0.1, -0.05) is 12.8 Å². The summed E-state index contributed by atoms with van der Waals surface area (Å²) >= 11 is 0. The Hall–Kier alpha value is 0.310. The third-order valence-corrected chi connectivity index (χ3v) is 5.95. The van der Waals surface area contributed by atoms with Crippen LogP contribution in [0.5, 0.6) is 0 Å². The highest BCUT2D eigenvalue weighted by Crippen LogP contribution is 2.58. The van der Waals surface area contributed by atoms with Crippen LogP contribution in [0, 0.1) is 11.8 Å². The summed E-state index contributed by atoms with van der Waals surface area (Å²) in [5, 5.41) is 0. The first-order valence-electron chi connectivity index (χ1n) is 6.62. The molecule has 3 unspecified atom stereocenters. The van der Waals surface area contributed by atoms with E-state index in [2.05, 4.69) is 18.5 Å². The molecule has 92 valence electrons. The van der Waals surface area contributed by atoms with Crippen molar-refractivity contribution in [3.63, 3.8) is 0 Å². The molecule has 3 fully saturated rings. The van der Waals surface area contributed by atoms with Crippen molar-refractivity contribution in [3.05, 3.63) is 0 Å². The van der Waals surface area contributed by atoms with Gasteiger partial charge < -0.3 is 9.05 Å². The van der Waals surface area contributed by atoms with E-state index in [-0.39, 0.29) is 6.10 Å². The average Bonchev–Trinajstić information content (AvgIpc) is 2.58. The second-order valence-corrected chi connectivity index (χ2v) is 7.04. The second kappa shape index (κ2) is 4.53. The molecule has 4 heteroatoms. The van der Waals surface area contributed by atoms with Crippen molar-refractivity contribution in [2.75, 3.05) is 13.2 Å². The van der Waals surface area contributed by atoms with Gasteiger partial charge in [0.05, 0.1) is 12.7 Å². The molecule has 0 aromatic carbocycles. The summed E-state index contributed by atoms with van der Waals surface area (Å²) in [6.45, 7) is 6.38. The summed E-state index contributed by atoms with van der Waals surface area (Å²) in [5.74, 6) is 1.69. The monoisotopic (exact) mass is 243 g/mol. The summed E-state index contributed by atoms with van der Waals surface area (Å²) in [5.41, 5.74) is 0. The van der Waals surface area contributed by atoms with Gasteiger partial charge in [0.25, 0.3) is 8.53 Å². The molecule has 2 bridgehead atoms. The largest absolute Gasteiger partial charge is 0.322 e. The fourth-order valence-corrected chi connectivity index (χ4v) is 5.32. The number of rotatable bonds is 2. The van der Waals surface area contributed by atoms with E-state index in [4.69, 9.17) is 9.05 Å². The van der Waals surface area contributed by atoms with E-state index in [1.54, 1.807) is 0 Å². The quantitative estimate of drug-likeness (QED) is 0.695. The summed E-state index contributed by atoms with van der Waals surface area (Å²) in [7, 11) is -0.743. The van der Waals surface area contributed by atoms with Gasteiger partial charge in [0.1, 0.15) is 0 Å². The first kappa shape index (κ1) is 11.4. The third kappa shape index (κ3) is 1.92. The Balaban J connectivity index is 1.73. The zero-order valence-corrected chi connectivity index (χ0v) is 11.2. The minimum atomic E-state index is -0.743. The first-order valence-corrected chi connectivity index (χ1v) is 7.75. The van der Waals surface area contributed by atoms with Gasteiger partial charge in [-0.05, 0) is 32.6 Å². The van der Waals surface area contributed by atoms with Crippen LogP contribution in [0.4, 0.5) is 0 Å². The van der Waals surface area contributed by atoms with E-state index in [1.807, 2.05) is 0 Å². The predicted octanol–water partition coefficient (Wildman–Crippen LogP) is 3.16. The van der Waals surface area contributed by atoms with E-state index in [9.17, 15) is 0 Å². The molecule has 5 atom stereocenters. The van der Waals surface area contributed by atoms with Crippen molar-refractivity contribution in [2.24, 2.45) is 11.8 Å². The molecule has 1 saturated carbocycles. The summed E-state index contributed by atoms with van der Waals surface area (Å²) in [6, 6.07) is 0.770. The van der Waals surface area contributed by atoms with Gasteiger partial charge in [0.2, 0.25) is 0 Å². The molecule has 0 aromatic rings. The fraction of sp³-hybridized carbons (Fsp3) is 1.00. The van der Waals surface area contributed by atoms with Crippen LogP contribution in [0.3, 0.4) is 0 Å². The Labute approximate surface area is 99.5 Å². The number of hydrogen-bond donors (Lipinski definition) is 0. The Morgan fingerprint density at radius 2 is 2.12 bits per heavy atom. The highest BCUT2D eigenvalue weighted by atomic mass is 31.2. The SMILES string of the molecule is CC(C)OP1OC[C@@H]2CN1C1CCCC[C@@H]12. The van der Waals surface area contributed by atoms with Crippen molar-refractivity contribution in [1.29, 1.82) is 0 Å². The van der Waals surface area contributed by atoms with Gasteiger partial charge in [-0.3, -0.25) is 0 Å². The molecule has 2 aliphatic heterocycles. The number of fused-ring (bicyclic) bond motifs is 5. The molecule has 0 amide bonds. The molecule has 0 aromatic heterocycles. The summed E-state index contributed by atoms with van der Waals surface area (Å²) in [4.78, 5) is 0. The van der Waals surface area contributed by atoms with Crippen molar-refractivity contribution in [2.45, 2.75) is 51.7 Å². The van der Waals surface area contributed by atoms with Crippen LogP contribution in [0.25, 0.3) is 0 Å². The fourth-order valence-electron chi connectivity index (χ4n) is 3.44. The Morgan fingerprint density at radius 3 is 2.94 bits per heavy atom. The molecule has 3 nitrogen and oxygen atoms in total. The number of hydrogen-bond acceptors (Lipinski definition) is 3. The molecule has 2 heterocycles. The lowest BCUT2D eigenvalue weighted by atomic mass is 9.80. The maximum atomic E-state index is 5.94. The smallest absolute Gasteiger partial charge is 0.259 e. The molecule has 0 spiro atoms.